The molecule has 0 atom stereocenters. The summed E-state index contributed by atoms with van der Waals surface area (Å²) >= 11 is 1.03. The molecule has 0 radical (unpaired) electrons. The summed E-state index contributed by atoms with van der Waals surface area (Å²) in [7, 11) is 0. The molecule has 5 nitrogen and oxygen atoms in total. The largest absolute Gasteiger partial charge is 0.456 e. The van der Waals surface area contributed by atoms with Crippen LogP contribution in [0.3, 0.4) is 0 Å². The van der Waals surface area contributed by atoms with Crippen molar-refractivity contribution < 1.29 is 9.53 Å². The van der Waals surface area contributed by atoms with Crippen molar-refractivity contribution in [1.82, 2.24) is 9.36 Å². The molecule has 100 valence electrons. The molecule has 0 spiro atoms. The molecule has 0 aromatic carbocycles. The monoisotopic (exact) mass is 277 g/mol. The fourth-order valence-corrected chi connectivity index (χ4v) is 2.14. The predicted molar refractivity (Wildman–Crippen MR) is 74.9 cm³/mol. The van der Waals surface area contributed by atoms with E-state index in [2.05, 4.69) is 9.36 Å². The molecule has 2 aromatic rings. The second-order valence-corrected chi connectivity index (χ2v) is 5.76. The van der Waals surface area contributed by atoms with Crippen LogP contribution >= 0.6 is 11.5 Å². The van der Waals surface area contributed by atoms with E-state index in [0.29, 0.717) is 22.0 Å². The van der Waals surface area contributed by atoms with Crippen molar-refractivity contribution in [3.05, 3.63) is 29.3 Å². The minimum absolute atomic E-state index is 0.315. The summed E-state index contributed by atoms with van der Waals surface area (Å²) in [6.07, 6.45) is 1.65. The lowest BCUT2D eigenvalue weighted by molar-refractivity contribution is 0.00764. The second kappa shape index (κ2) is 4.97. The maximum absolute atomic E-state index is 12.0. The lowest BCUT2D eigenvalue weighted by atomic mass is 10.2. The van der Waals surface area contributed by atoms with Crippen LogP contribution in [0.1, 0.15) is 30.4 Å². The van der Waals surface area contributed by atoms with E-state index in [1.807, 2.05) is 26.8 Å². The highest BCUT2D eigenvalue weighted by Gasteiger charge is 2.24. The Hall–Kier alpha value is -1.95. The van der Waals surface area contributed by atoms with Gasteiger partial charge < -0.3 is 10.5 Å². The van der Waals surface area contributed by atoms with Crippen LogP contribution in [0.25, 0.3) is 11.4 Å². The smallest absolute Gasteiger partial charge is 0.352 e. The Balaban J connectivity index is 2.31. The molecule has 0 saturated heterocycles. The first kappa shape index (κ1) is 13.5. The third kappa shape index (κ3) is 3.08. The number of pyridine rings is 1. The Morgan fingerprint density at radius 3 is 2.68 bits per heavy atom. The lowest BCUT2D eigenvalue weighted by Crippen LogP contribution is -2.23. The average Bonchev–Trinajstić information content (AvgIpc) is 2.70. The van der Waals surface area contributed by atoms with Crippen LogP contribution in [0, 0.1) is 0 Å². The van der Waals surface area contributed by atoms with Crippen molar-refractivity contribution in [2.24, 2.45) is 0 Å². The Bertz CT molecular complexity index is 588. The zero-order valence-electron chi connectivity index (χ0n) is 11.0. The third-order valence-corrected chi connectivity index (χ3v) is 3.06. The highest BCUT2D eigenvalue weighted by molar-refractivity contribution is 7.09. The van der Waals surface area contributed by atoms with Crippen LogP contribution in [0.5, 0.6) is 0 Å². The maximum Gasteiger partial charge on any atom is 0.352 e. The van der Waals surface area contributed by atoms with Gasteiger partial charge in [0.1, 0.15) is 11.3 Å². The van der Waals surface area contributed by atoms with E-state index in [0.717, 1.165) is 11.5 Å². The number of hydrogen-bond donors (Lipinski definition) is 1. The number of nitrogens with two attached hydrogens (primary N) is 1. The number of nitrogen functional groups attached to an aromatic ring is 1. The molecule has 0 bridgehead atoms. The number of ether oxygens (including phenoxy) is 1. The van der Waals surface area contributed by atoms with Crippen molar-refractivity contribution in [2.75, 3.05) is 5.73 Å². The third-order valence-electron chi connectivity index (χ3n) is 2.22. The number of nitrogens with zero attached hydrogens (tertiary/aromatic N) is 2. The van der Waals surface area contributed by atoms with E-state index in [4.69, 9.17) is 10.5 Å². The molecule has 2 rings (SSSR count). The first-order chi connectivity index (χ1) is 8.88. The van der Waals surface area contributed by atoms with E-state index in [1.54, 1.807) is 18.3 Å². The van der Waals surface area contributed by atoms with E-state index in [1.165, 1.54) is 0 Å². The van der Waals surface area contributed by atoms with Crippen LogP contribution in [0.2, 0.25) is 0 Å². The lowest BCUT2D eigenvalue weighted by Gasteiger charge is -2.18. The van der Waals surface area contributed by atoms with Crippen LogP contribution in [0.15, 0.2) is 24.4 Å². The molecule has 0 fully saturated rings. The van der Waals surface area contributed by atoms with Gasteiger partial charge in [-0.25, -0.2) is 4.79 Å². The van der Waals surface area contributed by atoms with Crippen molar-refractivity contribution in [3.8, 4) is 11.4 Å². The molecule has 0 saturated carbocycles. The van der Waals surface area contributed by atoms with E-state index < -0.39 is 11.6 Å². The number of esters is 1. The summed E-state index contributed by atoms with van der Waals surface area (Å²) in [4.78, 5) is 16.5. The van der Waals surface area contributed by atoms with Gasteiger partial charge in [-0.05, 0) is 44.4 Å². The zero-order chi connectivity index (χ0) is 14.0. The topological polar surface area (TPSA) is 78.1 Å². The molecule has 2 heterocycles. The zero-order valence-corrected chi connectivity index (χ0v) is 11.8. The van der Waals surface area contributed by atoms with Gasteiger partial charge in [-0.1, -0.05) is 6.07 Å². The van der Waals surface area contributed by atoms with Crippen molar-refractivity contribution in [2.45, 2.75) is 26.4 Å². The van der Waals surface area contributed by atoms with Gasteiger partial charge in [0, 0.05) is 6.20 Å². The number of anilines is 1. The predicted octanol–water partition coefficient (Wildman–Crippen LogP) is 2.74. The quantitative estimate of drug-likeness (QED) is 0.854. The van der Waals surface area contributed by atoms with E-state index >= 15 is 0 Å². The van der Waals surface area contributed by atoms with Gasteiger partial charge in [0.25, 0.3) is 0 Å². The highest BCUT2D eigenvalue weighted by Crippen LogP contribution is 2.30. The minimum Gasteiger partial charge on any atom is -0.456 e. The molecule has 0 aliphatic carbocycles. The Morgan fingerprint density at radius 2 is 2.11 bits per heavy atom. The number of aromatic nitrogens is 2. The summed E-state index contributed by atoms with van der Waals surface area (Å²) in [5, 5.41) is 0. The van der Waals surface area contributed by atoms with Crippen LogP contribution in [-0.4, -0.2) is 20.9 Å². The summed E-state index contributed by atoms with van der Waals surface area (Å²) in [6.45, 7) is 5.42. The van der Waals surface area contributed by atoms with Gasteiger partial charge in [-0.15, -0.1) is 0 Å². The molecule has 0 aliphatic rings. The van der Waals surface area contributed by atoms with Crippen LogP contribution in [-0.2, 0) is 4.74 Å². The number of hydrogen-bond acceptors (Lipinski definition) is 6. The molecule has 2 N–H and O–H groups in total. The fourth-order valence-electron chi connectivity index (χ4n) is 1.46. The summed E-state index contributed by atoms with van der Waals surface area (Å²) in [6, 6.07) is 5.44. The van der Waals surface area contributed by atoms with Crippen LogP contribution < -0.4 is 5.73 Å². The van der Waals surface area contributed by atoms with Gasteiger partial charge >= 0.3 is 5.97 Å². The molecular formula is C13H15N3O2S. The normalized spacial score (nSPS) is 11.3. The molecular weight excluding hydrogens is 262 g/mol. The van der Waals surface area contributed by atoms with Gasteiger partial charge in [0.2, 0.25) is 0 Å². The van der Waals surface area contributed by atoms with Crippen molar-refractivity contribution in [1.29, 1.82) is 0 Å². The summed E-state index contributed by atoms with van der Waals surface area (Å²) < 4.78 is 9.48. The van der Waals surface area contributed by atoms with Gasteiger partial charge in [-0.3, -0.25) is 4.98 Å². The van der Waals surface area contributed by atoms with Crippen molar-refractivity contribution >= 4 is 23.2 Å². The summed E-state index contributed by atoms with van der Waals surface area (Å²) in [5.41, 5.74) is 6.89. The second-order valence-electron chi connectivity index (χ2n) is 4.99. The number of carbonyl (C=O) groups is 1. The Labute approximate surface area is 115 Å². The van der Waals surface area contributed by atoms with Crippen molar-refractivity contribution in [3.63, 3.8) is 0 Å². The summed E-state index contributed by atoms with van der Waals surface area (Å²) in [5.74, 6) is -0.454. The fraction of sp³-hybridized carbons (Fsp3) is 0.308. The Kier molecular flexibility index (Phi) is 3.53. The standard InChI is InChI=1S/C13H15N3O2S/c1-13(2,3)18-12(17)11-9(14)10(16-19-11)8-6-4-5-7-15-8/h4-7H,14H2,1-3H3. The first-order valence-corrected chi connectivity index (χ1v) is 6.56. The Morgan fingerprint density at radius 1 is 1.37 bits per heavy atom. The molecule has 2 aromatic heterocycles. The molecule has 0 aliphatic heterocycles. The number of rotatable bonds is 2. The molecule has 0 amide bonds. The average molecular weight is 277 g/mol. The number of carbonyl (C=O) groups excluding carboxylic acids is 1. The van der Waals surface area contributed by atoms with Gasteiger partial charge in [0.05, 0.1) is 11.4 Å². The first-order valence-electron chi connectivity index (χ1n) is 5.78. The minimum atomic E-state index is -0.557. The van der Waals surface area contributed by atoms with E-state index in [9.17, 15) is 4.79 Å². The van der Waals surface area contributed by atoms with E-state index in [-0.39, 0.29) is 0 Å². The SMILES string of the molecule is CC(C)(C)OC(=O)c1snc(-c2ccccn2)c1N. The maximum atomic E-state index is 12.0. The molecule has 19 heavy (non-hydrogen) atoms. The molecule has 0 unspecified atom stereocenters. The van der Waals surface area contributed by atoms with Gasteiger partial charge in [0.15, 0.2) is 4.88 Å². The molecule has 6 heteroatoms. The van der Waals surface area contributed by atoms with Gasteiger partial charge in [-0.2, -0.15) is 4.37 Å². The van der Waals surface area contributed by atoms with Crippen LogP contribution in [0.4, 0.5) is 5.69 Å². The highest BCUT2D eigenvalue weighted by atomic mass is 32.1.